The predicted octanol–water partition coefficient (Wildman–Crippen LogP) is 0.686. The number of likely N-dealkylation sites (N-methyl/N-ethyl adjacent to an activating group) is 1. The minimum Gasteiger partial charge on any atom is -0.510 e. The first-order chi connectivity index (χ1) is 17.8. The second-order valence-electron chi connectivity index (χ2n) is 10.8. The van der Waals surface area contributed by atoms with E-state index in [1.807, 2.05) is 32.0 Å². The van der Waals surface area contributed by atoms with Crippen molar-refractivity contribution >= 4 is 23.2 Å². The number of benzene rings is 1. The summed E-state index contributed by atoms with van der Waals surface area (Å²) in [5, 5.41) is 48.4. The lowest BCUT2D eigenvalue weighted by atomic mass is 9.58. The number of carbonyl (C=O) groups is 3. The number of anilines is 1. The Morgan fingerprint density at radius 2 is 1.84 bits per heavy atom. The van der Waals surface area contributed by atoms with Gasteiger partial charge in [0.1, 0.15) is 22.8 Å². The molecule has 1 aromatic carbocycles. The molecule has 11 nitrogen and oxygen atoms in total. The van der Waals surface area contributed by atoms with Gasteiger partial charge in [-0.3, -0.25) is 19.3 Å². The molecule has 0 radical (unpaired) electrons. The van der Waals surface area contributed by atoms with Crippen molar-refractivity contribution in [3.63, 3.8) is 0 Å². The van der Waals surface area contributed by atoms with Gasteiger partial charge in [-0.05, 0) is 57.5 Å². The fraction of sp³-hybridized carbons (Fsp3) is 0.519. The molecule has 1 amide bonds. The van der Waals surface area contributed by atoms with Crippen LogP contribution in [0.4, 0.5) is 5.69 Å². The van der Waals surface area contributed by atoms with Crippen molar-refractivity contribution in [3.05, 3.63) is 45.4 Å². The second kappa shape index (κ2) is 9.72. The minimum absolute atomic E-state index is 0.0188. The van der Waals surface area contributed by atoms with Gasteiger partial charge in [0.05, 0.1) is 11.6 Å². The molecule has 0 heterocycles. The topological polar surface area (TPSA) is 177 Å². The van der Waals surface area contributed by atoms with Gasteiger partial charge >= 0.3 is 0 Å². The molecule has 3 aliphatic carbocycles. The van der Waals surface area contributed by atoms with Crippen LogP contribution in [-0.2, 0) is 22.6 Å². The van der Waals surface area contributed by atoms with Crippen LogP contribution >= 0.6 is 0 Å². The number of hydrogen-bond donors (Lipinski definition) is 6. The van der Waals surface area contributed by atoms with Crippen molar-refractivity contribution < 1.29 is 34.8 Å². The minimum atomic E-state index is -2.65. The summed E-state index contributed by atoms with van der Waals surface area (Å²) < 4.78 is 0. The number of amides is 1. The highest BCUT2D eigenvalue weighted by molar-refractivity contribution is 6.24. The number of phenolic OH excluding ortho intramolecular Hbond substituents is 1. The number of allylic oxidation sites excluding steroid dienone is 1. The number of ketones is 2. The van der Waals surface area contributed by atoms with E-state index in [9.17, 15) is 34.8 Å². The quantitative estimate of drug-likeness (QED) is 0.218. The number of nitrogens with two attached hydrogens (primary N) is 1. The van der Waals surface area contributed by atoms with E-state index in [2.05, 4.69) is 5.32 Å². The summed E-state index contributed by atoms with van der Waals surface area (Å²) in [6, 6.07) is 0.812. The Morgan fingerprint density at radius 1 is 1.18 bits per heavy atom. The molecule has 0 spiro atoms. The van der Waals surface area contributed by atoms with Gasteiger partial charge in [0, 0.05) is 43.4 Å². The molecular formula is C27H36N4O7. The summed E-state index contributed by atoms with van der Waals surface area (Å²) >= 11 is 0. The number of fused-ring (bicyclic) bond motifs is 3. The molecule has 0 saturated heterocycles. The Labute approximate surface area is 221 Å². The Hall–Kier alpha value is -3.41. The van der Waals surface area contributed by atoms with Crippen LogP contribution in [0.5, 0.6) is 5.75 Å². The molecule has 4 rings (SSSR count). The van der Waals surface area contributed by atoms with Crippen molar-refractivity contribution in [1.82, 2.24) is 10.2 Å². The standard InChI is InChI=1S/C27H36N4O7/c1-6-7-29-11-13-10-16(30(2)3)14-8-12-9-15-20(31(4)5)23(34)19(26(28)37)25(36)27(15,38)24(35)17(12)22(33)18(14)21(13)32/h10,12,15,20,29,32,34-35,38H,6-9,11H2,1-5H3,(H2,28,37)/t12-,15-,20+,27-/m0/s1. The Morgan fingerprint density at radius 3 is 2.39 bits per heavy atom. The maximum absolute atomic E-state index is 14.0. The maximum atomic E-state index is 14.0. The number of phenols is 1. The second-order valence-corrected chi connectivity index (χ2v) is 10.8. The number of aliphatic hydroxyl groups is 3. The van der Waals surface area contributed by atoms with Crippen LogP contribution in [0.15, 0.2) is 28.7 Å². The number of nitrogens with zero attached hydrogens (tertiary/aromatic N) is 2. The molecule has 7 N–H and O–H groups in total. The van der Waals surface area contributed by atoms with Gasteiger partial charge in [0.2, 0.25) is 5.78 Å². The zero-order chi connectivity index (χ0) is 28.3. The van der Waals surface area contributed by atoms with Gasteiger partial charge in [-0.1, -0.05) is 6.92 Å². The largest absolute Gasteiger partial charge is 0.510 e. The van der Waals surface area contributed by atoms with E-state index >= 15 is 0 Å². The number of hydrogen-bond acceptors (Lipinski definition) is 10. The first kappa shape index (κ1) is 27.6. The van der Waals surface area contributed by atoms with E-state index in [0.717, 1.165) is 12.1 Å². The Balaban J connectivity index is 1.93. The SMILES string of the molecule is CCCNCc1cc(N(C)C)c2c(c1O)C(=O)C1=C(O)[C@]3(O)C(=O)C(C(N)=O)=C(O)[C@H](N(C)C)[C@@H]3C[C@@H]1C2. The smallest absolute Gasteiger partial charge is 0.255 e. The summed E-state index contributed by atoms with van der Waals surface area (Å²) in [7, 11) is 6.87. The van der Waals surface area contributed by atoms with Crippen LogP contribution < -0.4 is 16.0 Å². The van der Waals surface area contributed by atoms with Crippen molar-refractivity contribution in [1.29, 1.82) is 0 Å². The summed E-state index contributed by atoms with van der Waals surface area (Å²) in [5.41, 5.74) is 3.61. The zero-order valence-corrected chi connectivity index (χ0v) is 22.3. The molecule has 0 aliphatic heterocycles. The summed E-state index contributed by atoms with van der Waals surface area (Å²) in [6.07, 6.45) is 1.18. The Bertz CT molecular complexity index is 1280. The fourth-order valence-electron chi connectivity index (χ4n) is 6.29. The molecule has 1 aromatic rings. The van der Waals surface area contributed by atoms with Crippen molar-refractivity contribution in [2.45, 2.75) is 44.4 Å². The van der Waals surface area contributed by atoms with Gasteiger partial charge in [0.25, 0.3) is 5.91 Å². The fourth-order valence-corrected chi connectivity index (χ4v) is 6.29. The molecule has 11 heteroatoms. The molecule has 4 atom stereocenters. The van der Waals surface area contributed by atoms with E-state index in [0.29, 0.717) is 24.2 Å². The lowest BCUT2D eigenvalue weighted by Crippen LogP contribution is -2.63. The van der Waals surface area contributed by atoms with Crippen LogP contribution in [-0.4, -0.2) is 89.2 Å². The van der Waals surface area contributed by atoms with Crippen LogP contribution in [0.1, 0.15) is 41.3 Å². The number of aliphatic hydroxyl groups excluding tert-OH is 2. The lowest BCUT2D eigenvalue weighted by molar-refractivity contribution is -0.148. The number of aromatic hydroxyl groups is 1. The lowest BCUT2D eigenvalue weighted by Gasteiger charge is -2.50. The van der Waals surface area contributed by atoms with E-state index in [1.165, 1.54) is 4.90 Å². The van der Waals surface area contributed by atoms with Crippen molar-refractivity contribution in [3.8, 4) is 5.75 Å². The monoisotopic (exact) mass is 528 g/mol. The zero-order valence-electron chi connectivity index (χ0n) is 22.3. The molecule has 0 fully saturated rings. The highest BCUT2D eigenvalue weighted by Crippen LogP contribution is 2.53. The van der Waals surface area contributed by atoms with E-state index in [-0.39, 0.29) is 29.7 Å². The molecule has 3 aliphatic rings. The highest BCUT2D eigenvalue weighted by atomic mass is 16.3. The summed E-state index contributed by atoms with van der Waals surface area (Å²) in [5.74, 6) is -6.51. The molecule has 0 aromatic heterocycles. The summed E-state index contributed by atoms with van der Waals surface area (Å²) in [6.45, 7) is 3.04. The number of rotatable bonds is 7. The molecule has 38 heavy (non-hydrogen) atoms. The van der Waals surface area contributed by atoms with Gasteiger partial charge in [-0.2, -0.15) is 0 Å². The first-order valence-electron chi connectivity index (χ1n) is 12.7. The molecule has 0 unspecified atom stereocenters. The molecule has 0 bridgehead atoms. The highest BCUT2D eigenvalue weighted by Gasteiger charge is 2.63. The summed E-state index contributed by atoms with van der Waals surface area (Å²) in [4.78, 5) is 42.8. The third-order valence-electron chi connectivity index (χ3n) is 8.00. The molecule has 0 saturated carbocycles. The van der Waals surface area contributed by atoms with Gasteiger partial charge in [0.15, 0.2) is 11.4 Å². The van der Waals surface area contributed by atoms with E-state index in [4.69, 9.17) is 5.73 Å². The van der Waals surface area contributed by atoms with Gasteiger partial charge in [-0.15, -0.1) is 0 Å². The number of primary amides is 1. The van der Waals surface area contributed by atoms with E-state index < -0.39 is 58.0 Å². The molecule has 206 valence electrons. The van der Waals surface area contributed by atoms with Gasteiger partial charge < -0.3 is 36.4 Å². The number of Topliss-reactive ketones (excluding diaryl/α,β-unsaturated/α-hetero) is 2. The van der Waals surface area contributed by atoms with Crippen LogP contribution in [0.3, 0.4) is 0 Å². The van der Waals surface area contributed by atoms with E-state index in [1.54, 1.807) is 14.1 Å². The average molecular weight is 529 g/mol. The predicted molar refractivity (Wildman–Crippen MR) is 140 cm³/mol. The van der Waals surface area contributed by atoms with Gasteiger partial charge in [-0.25, -0.2) is 0 Å². The number of carbonyl (C=O) groups excluding carboxylic acids is 3. The third kappa shape index (κ3) is 3.88. The normalized spacial score (nSPS) is 26.9. The van der Waals surface area contributed by atoms with Crippen molar-refractivity contribution in [2.75, 3.05) is 39.6 Å². The van der Waals surface area contributed by atoms with Crippen LogP contribution in [0.25, 0.3) is 0 Å². The Kier molecular flexibility index (Phi) is 7.06. The number of nitrogens with one attached hydrogen (secondary N) is 1. The van der Waals surface area contributed by atoms with Crippen molar-refractivity contribution in [2.24, 2.45) is 17.6 Å². The van der Waals surface area contributed by atoms with Crippen LogP contribution in [0, 0.1) is 11.8 Å². The van der Waals surface area contributed by atoms with Crippen LogP contribution in [0.2, 0.25) is 0 Å². The third-order valence-corrected chi connectivity index (χ3v) is 8.00. The first-order valence-corrected chi connectivity index (χ1v) is 12.7. The maximum Gasteiger partial charge on any atom is 0.255 e. The molecular weight excluding hydrogens is 492 g/mol. The average Bonchev–Trinajstić information content (AvgIpc) is 2.82.